The summed E-state index contributed by atoms with van der Waals surface area (Å²) in [6, 6.07) is 6.32. The van der Waals surface area contributed by atoms with Gasteiger partial charge in [-0.15, -0.1) is 0 Å². The van der Waals surface area contributed by atoms with E-state index in [4.69, 9.17) is 5.73 Å². The zero-order valence-electron chi connectivity index (χ0n) is 8.66. The van der Waals surface area contributed by atoms with Gasteiger partial charge in [0, 0.05) is 23.5 Å². The molecule has 1 saturated carbocycles. The van der Waals surface area contributed by atoms with Gasteiger partial charge in [-0.2, -0.15) is 5.10 Å². The third-order valence-electron chi connectivity index (χ3n) is 3.40. The first-order valence-corrected chi connectivity index (χ1v) is 5.55. The van der Waals surface area contributed by atoms with Crippen molar-refractivity contribution in [2.24, 2.45) is 5.73 Å². The second kappa shape index (κ2) is 3.35. The number of nitrogens with two attached hydrogens (primary N) is 1. The van der Waals surface area contributed by atoms with Gasteiger partial charge in [-0.1, -0.05) is 18.6 Å². The minimum atomic E-state index is 0.585. The molecule has 0 unspecified atom stereocenters. The van der Waals surface area contributed by atoms with Gasteiger partial charge in [-0.3, -0.25) is 5.10 Å². The highest BCUT2D eigenvalue weighted by Gasteiger charge is 2.23. The number of H-pyrrole nitrogens is 1. The van der Waals surface area contributed by atoms with Crippen molar-refractivity contribution in [3.8, 4) is 0 Å². The lowest BCUT2D eigenvalue weighted by molar-refractivity contribution is 0.413. The van der Waals surface area contributed by atoms with Gasteiger partial charge < -0.3 is 5.73 Å². The average Bonchev–Trinajstić information content (AvgIpc) is 2.59. The number of hydrogen-bond acceptors (Lipinski definition) is 2. The normalized spacial score (nSPS) is 16.9. The van der Waals surface area contributed by atoms with E-state index in [0.717, 1.165) is 11.1 Å². The van der Waals surface area contributed by atoms with E-state index in [1.54, 1.807) is 0 Å². The molecule has 0 spiro atoms. The molecule has 3 N–H and O–H groups in total. The third-order valence-corrected chi connectivity index (χ3v) is 3.40. The van der Waals surface area contributed by atoms with Gasteiger partial charge in [0.1, 0.15) is 0 Å². The molecular formula is C12H15N3. The van der Waals surface area contributed by atoms with E-state index in [-0.39, 0.29) is 0 Å². The second-order valence-corrected chi connectivity index (χ2v) is 4.32. The summed E-state index contributed by atoms with van der Waals surface area (Å²) in [5.74, 6) is 0.707. The zero-order chi connectivity index (χ0) is 10.3. The van der Waals surface area contributed by atoms with Gasteiger partial charge in [-0.05, 0) is 24.5 Å². The lowest BCUT2D eigenvalue weighted by atomic mass is 9.82. The second-order valence-electron chi connectivity index (χ2n) is 4.32. The van der Waals surface area contributed by atoms with Crippen LogP contribution in [-0.2, 0) is 6.54 Å². The summed E-state index contributed by atoms with van der Waals surface area (Å²) in [6.45, 7) is 0.585. The molecule has 3 rings (SSSR count). The van der Waals surface area contributed by atoms with Crippen LogP contribution in [0.15, 0.2) is 18.2 Å². The number of nitrogens with zero attached hydrogens (tertiary/aromatic N) is 1. The quantitative estimate of drug-likeness (QED) is 0.783. The Bertz CT molecular complexity index is 483. The first-order chi connectivity index (χ1) is 7.38. The van der Waals surface area contributed by atoms with Crippen LogP contribution in [0, 0.1) is 0 Å². The molecular weight excluding hydrogens is 186 g/mol. The van der Waals surface area contributed by atoms with Crippen LogP contribution in [0.25, 0.3) is 10.9 Å². The van der Waals surface area contributed by atoms with E-state index in [0.29, 0.717) is 12.5 Å². The summed E-state index contributed by atoms with van der Waals surface area (Å²) in [4.78, 5) is 0. The maximum absolute atomic E-state index is 5.61. The summed E-state index contributed by atoms with van der Waals surface area (Å²) >= 11 is 0. The molecule has 0 atom stereocenters. The van der Waals surface area contributed by atoms with Crippen molar-refractivity contribution >= 4 is 10.9 Å². The standard InChI is InChI=1S/C12H15N3/c13-7-8-4-5-10-11(6-8)14-15-12(10)9-2-1-3-9/h4-6,9H,1-3,7,13H2,(H,14,15). The average molecular weight is 201 g/mol. The maximum Gasteiger partial charge on any atom is 0.0927 e. The van der Waals surface area contributed by atoms with Crippen molar-refractivity contribution in [2.45, 2.75) is 31.7 Å². The topological polar surface area (TPSA) is 54.7 Å². The smallest absolute Gasteiger partial charge is 0.0927 e. The molecule has 0 aliphatic heterocycles. The molecule has 1 heterocycles. The largest absolute Gasteiger partial charge is 0.326 e. The summed E-state index contributed by atoms with van der Waals surface area (Å²) in [5, 5.41) is 8.80. The predicted molar refractivity (Wildman–Crippen MR) is 60.6 cm³/mol. The molecule has 1 aliphatic rings. The highest BCUT2D eigenvalue weighted by Crippen LogP contribution is 2.38. The van der Waals surface area contributed by atoms with Crippen LogP contribution in [0.3, 0.4) is 0 Å². The van der Waals surface area contributed by atoms with Gasteiger partial charge in [0.2, 0.25) is 0 Å². The van der Waals surface area contributed by atoms with Crippen molar-refractivity contribution in [2.75, 3.05) is 0 Å². The molecule has 1 aromatic heterocycles. The van der Waals surface area contributed by atoms with Crippen LogP contribution < -0.4 is 5.73 Å². The Morgan fingerprint density at radius 3 is 2.93 bits per heavy atom. The number of fused-ring (bicyclic) bond motifs is 1. The van der Waals surface area contributed by atoms with E-state index in [2.05, 4.69) is 28.4 Å². The summed E-state index contributed by atoms with van der Waals surface area (Å²) in [5.41, 5.74) is 9.13. The Hall–Kier alpha value is -1.35. The van der Waals surface area contributed by atoms with Crippen LogP contribution in [0.2, 0.25) is 0 Å². The van der Waals surface area contributed by atoms with Crippen molar-refractivity contribution in [1.29, 1.82) is 0 Å². The highest BCUT2D eigenvalue weighted by atomic mass is 15.1. The number of hydrogen-bond donors (Lipinski definition) is 2. The van der Waals surface area contributed by atoms with Crippen molar-refractivity contribution in [3.63, 3.8) is 0 Å². The van der Waals surface area contributed by atoms with E-state index < -0.39 is 0 Å². The van der Waals surface area contributed by atoms with Crippen LogP contribution in [0.1, 0.15) is 36.4 Å². The highest BCUT2D eigenvalue weighted by molar-refractivity contribution is 5.82. The first kappa shape index (κ1) is 8.92. The van der Waals surface area contributed by atoms with Crippen molar-refractivity contribution in [3.05, 3.63) is 29.5 Å². The van der Waals surface area contributed by atoms with E-state index in [9.17, 15) is 0 Å². The zero-order valence-corrected chi connectivity index (χ0v) is 8.66. The Balaban J connectivity index is 2.09. The summed E-state index contributed by atoms with van der Waals surface area (Å²) < 4.78 is 0. The summed E-state index contributed by atoms with van der Waals surface area (Å²) in [7, 11) is 0. The van der Waals surface area contributed by atoms with Crippen LogP contribution in [0.5, 0.6) is 0 Å². The molecule has 2 aromatic rings. The van der Waals surface area contributed by atoms with Gasteiger partial charge >= 0.3 is 0 Å². The lowest BCUT2D eigenvalue weighted by Gasteiger charge is -2.24. The van der Waals surface area contributed by atoms with Gasteiger partial charge in [0.15, 0.2) is 0 Å². The van der Waals surface area contributed by atoms with Crippen molar-refractivity contribution < 1.29 is 0 Å². The van der Waals surface area contributed by atoms with E-state index in [1.807, 2.05) is 0 Å². The fraction of sp³-hybridized carbons (Fsp3) is 0.417. The molecule has 3 nitrogen and oxygen atoms in total. The number of nitrogens with one attached hydrogen (secondary N) is 1. The Morgan fingerprint density at radius 2 is 2.27 bits per heavy atom. The monoisotopic (exact) mass is 201 g/mol. The van der Waals surface area contributed by atoms with Crippen LogP contribution >= 0.6 is 0 Å². The SMILES string of the molecule is NCc1ccc2c(C3CCC3)[nH]nc2c1. The molecule has 0 saturated heterocycles. The van der Waals surface area contributed by atoms with Crippen LogP contribution in [0.4, 0.5) is 0 Å². The number of aromatic amines is 1. The summed E-state index contributed by atoms with van der Waals surface area (Å²) in [6.07, 6.45) is 3.96. The first-order valence-electron chi connectivity index (χ1n) is 5.55. The third kappa shape index (κ3) is 1.35. The fourth-order valence-corrected chi connectivity index (χ4v) is 2.21. The van der Waals surface area contributed by atoms with Crippen LogP contribution in [-0.4, -0.2) is 10.2 Å². The van der Waals surface area contributed by atoms with Gasteiger partial charge in [-0.25, -0.2) is 0 Å². The van der Waals surface area contributed by atoms with Gasteiger partial charge in [0.05, 0.1) is 5.52 Å². The maximum atomic E-state index is 5.61. The number of rotatable bonds is 2. The molecule has 1 aromatic carbocycles. The molecule has 1 aliphatic carbocycles. The molecule has 3 heteroatoms. The minimum absolute atomic E-state index is 0.585. The van der Waals surface area contributed by atoms with Gasteiger partial charge in [0.25, 0.3) is 0 Å². The van der Waals surface area contributed by atoms with E-state index in [1.165, 1.54) is 30.3 Å². The molecule has 78 valence electrons. The van der Waals surface area contributed by atoms with Crippen molar-refractivity contribution in [1.82, 2.24) is 10.2 Å². The molecule has 15 heavy (non-hydrogen) atoms. The molecule has 0 radical (unpaired) electrons. The minimum Gasteiger partial charge on any atom is -0.326 e. The Labute approximate surface area is 88.7 Å². The Morgan fingerprint density at radius 1 is 1.40 bits per heavy atom. The lowest BCUT2D eigenvalue weighted by Crippen LogP contribution is -2.09. The molecule has 0 bridgehead atoms. The fourth-order valence-electron chi connectivity index (χ4n) is 2.21. The molecule has 1 fully saturated rings. The molecule has 0 amide bonds. The van der Waals surface area contributed by atoms with E-state index >= 15 is 0 Å². The predicted octanol–water partition coefficient (Wildman–Crippen LogP) is 2.29. The number of aromatic nitrogens is 2. The Kier molecular flexibility index (Phi) is 1.99. The number of benzene rings is 1.